The fourth-order valence-corrected chi connectivity index (χ4v) is 6.98. The van der Waals surface area contributed by atoms with Gasteiger partial charge in [-0.05, 0) is 57.3 Å². The number of halogens is 4. The van der Waals surface area contributed by atoms with Gasteiger partial charge < -0.3 is 25.6 Å². The van der Waals surface area contributed by atoms with Gasteiger partial charge in [0.25, 0.3) is 0 Å². The third kappa shape index (κ3) is 4.91. The number of pyridine rings is 1. The maximum atomic E-state index is 14.3. The van der Waals surface area contributed by atoms with Crippen molar-refractivity contribution >= 4 is 17.5 Å². The molecule has 218 valence electrons. The van der Waals surface area contributed by atoms with Crippen molar-refractivity contribution in [2.45, 2.75) is 69.5 Å². The number of aryl methyl sites for hydroxylation is 1. The molecule has 0 spiro atoms. The van der Waals surface area contributed by atoms with E-state index in [1.807, 2.05) is 7.05 Å². The van der Waals surface area contributed by atoms with Crippen molar-refractivity contribution < 1.29 is 22.3 Å². The minimum absolute atomic E-state index is 0.0322. The highest BCUT2D eigenvalue weighted by atomic mass is 19.4. The molecule has 0 aliphatic carbocycles. The molecule has 0 bridgehead atoms. The normalized spacial score (nSPS) is 26.7. The number of ether oxygens (including phenoxy) is 1. The first-order valence-electron chi connectivity index (χ1n) is 14.0. The van der Waals surface area contributed by atoms with Gasteiger partial charge in [-0.15, -0.1) is 0 Å². The molecule has 2 aromatic rings. The van der Waals surface area contributed by atoms with Gasteiger partial charge in [0, 0.05) is 44.7 Å². The van der Waals surface area contributed by atoms with E-state index in [0.717, 1.165) is 50.3 Å². The van der Waals surface area contributed by atoms with Crippen molar-refractivity contribution in [2.75, 3.05) is 61.9 Å². The first kappa shape index (κ1) is 27.3. The van der Waals surface area contributed by atoms with Crippen LogP contribution in [0.4, 0.5) is 35.0 Å². The molecule has 3 fully saturated rings. The van der Waals surface area contributed by atoms with Crippen LogP contribution >= 0.6 is 0 Å². The van der Waals surface area contributed by atoms with Crippen LogP contribution in [0, 0.1) is 6.92 Å². The fourth-order valence-electron chi connectivity index (χ4n) is 6.98. The van der Waals surface area contributed by atoms with Gasteiger partial charge in [-0.1, -0.05) is 0 Å². The largest absolute Gasteiger partial charge is 0.461 e. The number of aromatic nitrogens is 3. The van der Waals surface area contributed by atoms with Crippen LogP contribution in [0.1, 0.15) is 48.1 Å². The molecule has 13 heteroatoms. The standard InChI is InChI=1S/C27H36F4N8O/c1-16-10-21(32)35-24(22(16)27(29,30)31)38-9-5-19-20(14-38)34-25(36-23(19)37(2)18-4-7-33-12-18)40-15-26-6-3-8-39(26)13-17(28)11-26/h10,17-18,33H,3-9,11-15H2,1-2H3,(H2,32,35)/t17-,18-,26+/m1/s1. The molecule has 3 atom stereocenters. The number of nitrogens with one attached hydrogen (secondary N) is 1. The summed E-state index contributed by atoms with van der Waals surface area (Å²) in [5.41, 5.74) is 6.28. The fraction of sp³-hybridized carbons (Fsp3) is 0.667. The van der Waals surface area contributed by atoms with Gasteiger partial charge in [-0.2, -0.15) is 23.1 Å². The van der Waals surface area contributed by atoms with E-state index < -0.39 is 17.9 Å². The number of hydrogen-bond donors (Lipinski definition) is 2. The molecule has 6 rings (SSSR count). The Labute approximate surface area is 231 Å². The van der Waals surface area contributed by atoms with E-state index in [9.17, 15) is 17.6 Å². The number of anilines is 3. The van der Waals surface area contributed by atoms with E-state index in [1.54, 1.807) is 4.90 Å². The average Bonchev–Trinajstić information content (AvgIpc) is 3.61. The lowest BCUT2D eigenvalue weighted by Gasteiger charge is -2.35. The van der Waals surface area contributed by atoms with Crippen molar-refractivity contribution in [3.05, 3.63) is 28.5 Å². The molecule has 0 aromatic carbocycles. The topological polar surface area (TPSA) is 95.7 Å². The van der Waals surface area contributed by atoms with E-state index in [2.05, 4.69) is 20.1 Å². The smallest absolute Gasteiger partial charge is 0.420 e. The Bertz CT molecular complexity index is 1270. The highest BCUT2D eigenvalue weighted by molar-refractivity contribution is 5.60. The summed E-state index contributed by atoms with van der Waals surface area (Å²) in [6, 6.07) is 1.65. The zero-order valence-electron chi connectivity index (χ0n) is 22.9. The SMILES string of the molecule is Cc1cc(N)nc(N2CCc3c(nc(OC[C@@]45CCCN4C[C@H](F)C5)nc3N(C)[C@@H]3CCNC3)C2)c1C(F)(F)F. The molecule has 4 aliphatic heterocycles. The number of hydrogen-bond acceptors (Lipinski definition) is 9. The van der Waals surface area contributed by atoms with Gasteiger partial charge in [0.1, 0.15) is 35.8 Å². The number of nitrogen functional groups attached to an aromatic ring is 1. The lowest BCUT2D eigenvalue weighted by atomic mass is 9.95. The predicted octanol–water partition coefficient (Wildman–Crippen LogP) is 3.10. The van der Waals surface area contributed by atoms with Crippen LogP contribution in [0.5, 0.6) is 6.01 Å². The Kier molecular flexibility index (Phi) is 6.92. The lowest BCUT2D eigenvalue weighted by Crippen LogP contribution is -2.44. The third-order valence-electron chi connectivity index (χ3n) is 8.97. The van der Waals surface area contributed by atoms with Crippen LogP contribution in [0.3, 0.4) is 0 Å². The van der Waals surface area contributed by atoms with Crippen molar-refractivity contribution in [1.82, 2.24) is 25.2 Å². The lowest BCUT2D eigenvalue weighted by molar-refractivity contribution is -0.137. The summed E-state index contributed by atoms with van der Waals surface area (Å²) < 4.78 is 62.8. The summed E-state index contributed by atoms with van der Waals surface area (Å²) >= 11 is 0. The summed E-state index contributed by atoms with van der Waals surface area (Å²) in [4.78, 5) is 19.5. The Morgan fingerprint density at radius 2 is 2.08 bits per heavy atom. The zero-order chi connectivity index (χ0) is 28.2. The van der Waals surface area contributed by atoms with Gasteiger partial charge in [-0.25, -0.2) is 9.37 Å². The molecule has 6 heterocycles. The summed E-state index contributed by atoms with van der Waals surface area (Å²) in [6.45, 7) is 5.09. The second-order valence-electron chi connectivity index (χ2n) is 11.6. The number of alkyl halides is 4. The average molecular weight is 565 g/mol. The first-order chi connectivity index (χ1) is 19.0. The number of rotatable bonds is 6. The van der Waals surface area contributed by atoms with Crippen molar-refractivity contribution in [1.29, 1.82) is 0 Å². The molecule has 4 aliphatic rings. The molecule has 2 aromatic heterocycles. The molecular weight excluding hydrogens is 528 g/mol. The minimum Gasteiger partial charge on any atom is -0.461 e. The van der Waals surface area contributed by atoms with Gasteiger partial charge in [0.15, 0.2) is 0 Å². The number of nitrogens with two attached hydrogens (primary N) is 1. The Balaban J connectivity index is 1.34. The third-order valence-corrected chi connectivity index (χ3v) is 8.97. The quantitative estimate of drug-likeness (QED) is 0.514. The summed E-state index contributed by atoms with van der Waals surface area (Å²) in [6.07, 6.45) is -1.79. The second-order valence-corrected chi connectivity index (χ2v) is 11.6. The second kappa shape index (κ2) is 10.2. The zero-order valence-corrected chi connectivity index (χ0v) is 22.9. The minimum atomic E-state index is -4.58. The van der Waals surface area contributed by atoms with Gasteiger partial charge in [-0.3, -0.25) is 4.90 Å². The van der Waals surface area contributed by atoms with Crippen molar-refractivity contribution in [2.24, 2.45) is 0 Å². The predicted molar refractivity (Wildman–Crippen MR) is 143 cm³/mol. The van der Waals surface area contributed by atoms with Gasteiger partial charge >= 0.3 is 12.2 Å². The molecule has 40 heavy (non-hydrogen) atoms. The molecule has 3 saturated heterocycles. The highest BCUT2D eigenvalue weighted by Crippen LogP contribution is 2.42. The summed E-state index contributed by atoms with van der Waals surface area (Å²) in [5.74, 6) is 0.582. The monoisotopic (exact) mass is 564 g/mol. The van der Waals surface area contributed by atoms with E-state index >= 15 is 0 Å². The van der Waals surface area contributed by atoms with Crippen LogP contribution < -0.4 is 25.6 Å². The molecule has 0 saturated carbocycles. The number of fused-ring (bicyclic) bond motifs is 2. The van der Waals surface area contributed by atoms with Crippen molar-refractivity contribution in [3.63, 3.8) is 0 Å². The van der Waals surface area contributed by atoms with Crippen LogP contribution in [-0.4, -0.2) is 84.0 Å². The summed E-state index contributed by atoms with van der Waals surface area (Å²) in [5, 5.41) is 3.38. The van der Waals surface area contributed by atoms with Gasteiger partial charge in [0.05, 0.1) is 17.8 Å². The molecule has 3 N–H and O–H groups in total. The first-order valence-corrected chi connectivity index (χ1v) is 14.0. The van der Waals surface area contributed by atoms with Crippen LogP contribution in [0.15, 0.2) is 6.07 Å². The van der Waals surface area contributed by atoms with Crippen LogP contribution in [-0.2, 0) is 19.1 Å². The molecule has 9 nitrogen and oxygen atoms in total. The van der Waals surface area contributed by atoms with E-state index in [4.69, 9.17) is 20.4 Å². The Morgan fingerprint density at radius 3 is 2.83 bits per heavy atom. The van der Waals surface area contributed by atoms with E-state index in [-0.39, 0.29) is 47.9 Å². The van der Waals surface area contributed by atoms with E-state index in [0.29, 0.717) is 31.6 Å². The number of nitrogens with zero attached hydrogens (tertiary/aromatic N) is 6. The van der Waals surface area contributed by atoms with Crippen LogP contribution in [0.2, 0.25) is 0 Å². The van der Waals surface area contributed by atoms with E-state index in [1.165, 1.54) is 13.0 Å². The highest BCUT2D eigenvalue weighted by Gasteiger charge is 2.49. The molecular formula is C27H36F4N8O. The van der Waals surface area contributed by atoms with Crippen LogP contribution in [0.25, 0.3) is 0 Å². The van der Waals surface area contributed by atoms with Crippen molar-refractivity contribution in [3.8, 4) is 6.01 Å². The molecule has 0 radical (unpaired) electrons. The Morgan fingerprint density at radius 1 is 1.25 bits per heavy atom. The summed E-state index contributed by atoms with van der Waals surface area (Å²) in [7, 11) is 1.99. The van der Waals surface area contributed by atoms with Gasteiger partial charge in [0.2, 0.25) is 0 Å². The Hall–Kier alpha value is -2.93. The number of likely N-dealkylation sites (N-methyl/N-ethyl adjacent to an activating group) is 1. The molecule has 0 unspecified atom stereocenters. The molecule has 0 amide bonds. The maximum absolute atomic E-state index is 14.3. The maximum Gasteiger partial charge on any atom is 0.420 e.